The summed E-state index contributed by atoms with van der Waals surface area (Å²) in [7, 11) is 0. The maximum atomic E-state index is 5.76. The molecule has 0 saturated heterocycles. The molecule has 0 N–H and O–H groups in total. The highest BCUT2D eigenvalue weighted by atomic mass is 16.5. The third-order valence-electron chi connectivity index (χ3n) is 3.68. The molecule has 0 amide bonds. The van der Waals surface area contributed by atoms with Gasteiger partial charge in [-0.1, -0.05) is 18.2 Å². The summed E-state index contributed by atoms with van der Waals surface area (Å²) in [4.78, 5) is 4.21. The van der Waals surface area contributed by atoms with Crippen molar-refractivity contribution in [2.45, 2.75) is 12.8 Å². The molecule has 3 aromatic rings. The summed E-state index contributed by atoms with van der Waals surface area (Å²) in [6.45, 7) is 0.827. The Bertz CT molecular complexity index is 745. The van der Waals surface area contributed by atoms with E-state index in [2.05, 4.69) is 29.2 Å². The van der Waals surface area contributed by atoms with Crippen molar-refractivity contribution >= 4 is 5.52 Å². The van der Waals surface area contributed by atoms with E-state index in [1.807, 2.05) is 29.2 Å². The number of fused-ring (bicyclic) bond motifs is 2. The Hall–Kier alpha value is -2.29. The molecule has 0 aliphatic carbocycles. The molecular weight excluding hydrogens is 236 g/mol. The summed E-state index contributed by atoms with van der Waals surface area (Å²) in [5.41, 5.74) is 4.82. The fourth-order valence-electron chi connectivity index (χ4n) is 2.70. The third kappa shape index (κ3) is 1.70. The molecule has 0 bridgehead atoms. The smallest absolute Gasteiger partial charge is 0.123 e. The third-order valence-corrected chi connectivity index (χ3v) is 3.68. The average Bonchev–Trinajstić information content (AvgIpc) is 2.95. The number of benzene rings is 1. The Morgan fingerprint density at radius 1 is 1.21 bits per heavy atom. The maximum absolute atomic E-state index is 5.76. The quantitative estimate of drug-likeness (QED) is 0.662. The van der Waals surface area contributed by atoms with Gasteiger partial charge in [0.1, 0.15) is 5.75 Å². The largest absolute Gasteiger partial charge is 0.493 e. The summed E-state index contributed by atoms with van der Waals surface area (Å²) >= 11 is 0. The first-order chi connectivity index (χ1) is 9.42. The molecule has 94 valence electrons. The van der Waals surface area contributed by atoms with Gasteiger partial charge in [-0.25, -0.2) is 4.98 Å². The van der Waals surface area contributed by atoms with Gasteiger partial charge in [0.15, 0.2) is 0 Å². The number of pyridine rings is 1. The zero-order chi connectivity index (χ0) is 12.7. The maximum Gasteiger partial charge on any atom is 0.123 e. The van der Waals surface area contributed by atoms with E-state index in [-0.39, 0.29) is 0 Å². The van der Waals surface area contributed by atoms with Crippen LogP contribution in [-0.4, -0.2) is 16.0 Å². The van der Waals surface area contributed by atoms with Gasteiger partial charge >= 0.3 is 0 Å². The van der Waals surface area contributed by atoms with E-state index in [9.17, 15) is 0 Å². The molecule has 4 rings (SSSR count). The number of imidazole rings is 1. The van der Waals surface area contributed by atoms with Crippen LogP contribution in [0.1, 0.15) is 12.0 Å². The van der Waals surface area contributed by atoms with Crippen LogP contribution in [0, 0.1) is 0 Å². The van der Waals surface area contributed by atoms with E-state index in [0.29, 0.717) is 0 Å². The lowest BCUT2D eigenvalue weighted by Gasteiger charge is -2.18. The van der Waals surface area contributed by atoms with Crippen molar-refractivity contribution in [3.63, 3.8) is 0 Å². The van der Waals surface area contributed by atoms with Crippen molar-refractivity contribution in [2.75, 3.05) is 6.61 Å². The predicted molar refractivity (Wildman–Crippen MR) is 74.4 cm³/mol. The SMILES string of the molecule is c1cc(-c2ccc3c(c2)OCCC3)c2cncn2c1. The number of aryl methyl sites for hydroxylation is 1. The van der Waals surface area contributed by atoms with Crippen LogP contribution in [-0.2, 0) is 6.42 Å². The van der Waals surface area contributed by atoms with E-state index < -0.39 is 0 Å². The van der Waals surface area contributed by atoms with Crippen molar-refractivity contribution in [3.05, 3.63) is 54.6 Å². The Morgan fingerprint density at radius 3 is 3.21 bits per heavy atom. The van der Waals surface area contributed by atoms with Gasteiger partial charge in [-0.05, 0) is 36.1 Å². The highest BCUT2D eigenvalue weighted by Gasteiger charge is 2.12. The minimum Gasteiger partial charge on any atom is -0.493 e. The van der Waals surface area contributed by atoms with Gasteiger partial charge in [0.2, 0.25) is 0 Å². The van der Waals surface area contributed by atoms with Crippen LogP contribution < -0.4 is 4.74 Å². The molecular formula is C16H14N2O. The molecule has 0 unspecified atom stereocenters. The summed E-state index contributed by atoms with van der Waals surface area (Å²) in [5.74, 6) is 1.03. The molecule has 1 aliphatic rings. The second kappa shape index (κ2) is 4.12. The van der Waals surface area contributed by atoms with Gasteiger partial charge in [0.05, 0.1) is 24.6 Å². The molecule has 0 spiro atoms. The van der Waals surface area contributed by atoms with Crippen molar-refractivity contribution in [2.24, 2.45) is 0 Å². The fourth-order valence-corrected chi connectivity index (χ4v) is 2.70. The number of hydrogen-bond donors (Lipinski definition) is 0. The zero-order valence-electron chi connectivity index (χ0n) is 10.5. The van der Waals surface area contributed by atoms with Gasteiger partial charge in [-0.15, -0.1) is 0 Å². The zero-order valence-corrected chi connectivity index (χ0v) is 10.5. The van der Waals surface area contributed by atoms with Crippen molar-refractivity contribution in [1.82, 2.24) is 9.38 Å². The van der Waals surface area contributed by atoms with Crippen LogP contribution in [0.15, 0.2) is 49.1 Å². The number of rotatable bonds is 1. The molecule has 3 nitrogen and oxygen atoms in total. The monoisotopic (exact) mass is 250 g/mol. The summed E-state index contributed by atoms with van der Waals surface area (Å²) in [6.07, 6.45) is 7.97. The van der Waals surface area contributed by atoms with Crippen LogP contribution in [0.2, 0.25) is 0 Å². The average molecular weight is 250 g/mol. The minimum atomic E-state index is 0.827. The molecule has 2 aromatic heterocycles. The Kier molecular flexibility index (Phi) is 2.30. The van der Waals surface area contributed by atoms with E-state index >= 15 is 0 Å². The molecule has 0 atom stereocenters. The second-order valence-corrected chi connectivity index (χ2v) is 4.88. The van der Waals surface area contributed by atoms with E-state index in [0.717, 1.165) is 30.7 Å². The molecule has 3 heterocycles. The highest BCUT2D eigenvalue weighted by Crippen LogP contribution is 2.32. The molecule has 0 radical (unpaired) electrons. The lowest BCUT2D eigenvalue weighted by Crippen LogP contribution is -2.08. The number of aromatic nitrogens is 2. The first-order valence-corrected chi connectivity index (χ1v) is 6.58. The fraction of sp³-hybridized carbons (Fsp3) is 0.188. The lowest BCUT2D eigenvalue weighted by molar-refractivity contribution is 0.288. The van der Waals surface area contributed by atoms with E-state index in [1.165, 1.54) is 16.7 Å². The molecule has 0 saturated carbocycles. The topological polar surface area (TPSA) is 26.5 Å². The van der Waals surface area contributed by atoms with Gasteiger partial charge in [0, 0.05) is 11.8 Å². The Morgan fingerprint density at radius 2 is 2.21 bits per heavy atom. The first kappa shape index (κ1) is 10.6. The molecule has 1 aromatic carbocycles. The summed E-state index contributed by atoms with van der Waals surface area (Å²) < 4.78 is 7.79. The van der Waals surface area contributed by atoms with Crippen molar-refractivity contribution < 1.29 is 4.74 Å². The van der Waals surface area contributed by atoms with Crippen LogP contribution in [0.5, 0.6) is 5.75 Å². The van der Waals surface area contributed by atoms with Gasteiger partial charge in [-0.3, -0.25) is 0 Å². The van der Waals surface area contributed by atoms with Gasteiger partial charge in [-0.2, -0.15) is 0 Å². The number of nitrogens with zero attached hydrogens (tertiary/aromatic N) is 2. The normalized spacial score (nSPS) is 14.1. The summed E-state index contributed by atoms with van der Waals surface area (Å²) in [5, 5.41) is 0. The van der Waals surface area contributed by atoms with Crippen LogP contribution in [0.4, 0.5) is 0 Å². The van der Waals surface area contributed by atoms with Crippen LogP contribution >= 0.6 is 0 Å². The first-order valence-electron chi connectivity index (χ1n) is 6.58. The summed E-state index contributed by atoms with van der Waals surface area (Å²) in [6, 6.07) is 10.7. The van der Waals surface area contributed by atoms with E-state index in [1.54, 1.807) is 0 Å². The predicted octanol–water partition coefficient (Wildman–Crippen LogP) is 3.33. The lowest BCUT2D eigenvalue weighted by atomic mass is 10.00. The second-order valence-electron chi connectivity index (χ2n) is 4.88. The number of ether oxygens (including phenoxy) is 1. The van der Waals surface area contributed by atoms with Gasteiger partial charge < -0.3 is 9.14 Å². The van der Waals surface area contributed by atoms with Crippen LogP contribution in [0.25, 0.3) is 16.6 Å². The molecule has 1 aliphatic heterocycles. The van der Waals surface area contributed by atoms with E-state index in [4.69, 9.17) is 4.74 Å². The number of hydrogen-bond acceptors (Lipinski definition) is 2. The molecule has 3 heteroatoms. The van der Waals surface area contributed by atoms with Crippen molar-refractivity contribution in [3.8, 4) is 16.9 Å². The van der Waals surface area contributed by atoms with Crippen molar-refractivity contribution in [1.29, 1.82) is 0 Å². The molecule has 19 heavy (non-hydrogen) atoms. The highest BCUT2D eigenvalue weighted by molar-refractivity contribution is 5.80. The minimum absolute atomic E-state index is 0.827. The van der Waals surface area contributed by atoms with Crippen LogP contribution in [0.3, 0.4) is 0 Å². The van der Waals surface area contributed by atoms with Gasteiger partial charge in [0.25, 0.3) is 0 Å². The Labute approximate surface area is 111 Å². The Balaban J connectivity index is 1.90. The standard InChI is InChI=1S/C16H14N2O/c1-4-14(15-10-17-11-18(15)7-1)13-6-5-12-3-2-8-19-16(12)9-13/h1,4-7,9-11H,2-3,8H2. The molecule has 0 fully saturated rings.